The van der Waals surface area contributed by atoms with E-state index in [-0.39, 0.29) is 17.5 Å². The summed E-state index contributed by atoms with van der Waals surface area (Å²) in [5, 5.41) is 6.59. The normalized spacial score (nSPS) is 13.7. The molecule has 2 aliphatic heterocycles. The fraction of sp³-hybridized carbons (Fsp3) is 0.154. The molecule has 5 heteroatoms. The van der Waals surface area contributed by atoms with Gasteiger partial charge in [-0.05, 0) is 99.6 Å². The molecule has 7 aromatic carbocycles. The summed E-state index contributed by atoms with van der Waals surface area (Å²) in [7, 11) is 0. The second-order valence-electron chi connectivity index (χ2n) is 18.2. The van der Waals surface area contributed by atoms with Crippen molar-refractivity contribution < 1.29 is 0 Å². The van der Waals surface area contributed by atoms with Gasteiger partial charge in [-0.3, -0.25) is 0 Å². The maximum absolute atomic E-state index is 2.60. The molecule has 0 unspecified atom stereocenters. The van der Waals surface area contributed by atoms with Crippen molar-refractivity contribution >= 4 is 105 Å². The molecule has 0 amide bonds. The second kappa shape index (κ2) is 11.3. The molecule has 10 aromatic rings. The molecule has 5 heterocycles. The van der Waals surface area contributed by atoms with Gasteiger partial charge in [0.2, 0.25) is 0 Å². The molecular weight excluding hydrogens is 709 g/mol. The molecule has 12 rings (SSSR count). The summed E-state index contributed by atoms with van der Waals surface area (Å²) in [6.07, 6.45) is 0. The standard InChI is InChI=1S/C52H42BN3S/c1-51(2,3)31-23-26-34(27-24-31)55-41-21-14-22-42-47(41)53(50-48(55)37-29-32(52(4,5)6)25-28-44(37)57-50)38-30-43-45(46-36-18-11-13-20-40(36)56(42)49(38)46)35-17-10-12-19-39(35)54(43)33-15-8-7-9-16-33/h7-30H,1-6H3. The molecule has 0 atom stereocenters. The molecule has 57 heavy (non-hydrogen) atoms. The van der Waals surface area contributed by atoms with Crippen LogP contribution in [0.25, 0.3) is 65.1 Å². The third kappa shape index (κ3) is 4.44. The number of hydrogen-bond acceptors (Lipinski definition) is 2. The van der Waals surface area contributed by atoms with Gasteiger partial charge < -0.3 is 14.0 Å². The average molecular weight is 752 g/mol. The molecule has 3 aromatic heterocycles. The molecule has 0 N–H and O–H groups in total. The van der Waals surface area contributed by atoms with E-state index in [0.29, 0.717) is 0 Å². The number of thiophene rings is 1. The molecule has 274 valence electrons. The van der Waals surface area contributed by atoms with Crippen LogP contribution >= 0.6 is 11.3 Å². The van der Waals surface area contributed by atoms with Crippen LogP contribution < -0.4 is 20.6 Å². The van der Waals surface area contributed by atoms with Crippen molar-refractivity contribution in [2.75, 3.05) is 4.90 Å². The van der Waals surface area contributed by atoms with Gasteiger partial charge in [0.15, 0.2) is 0 Å². The van der Waals surface area contributed by atoms with Crippen LogP contribution in [0.2, 0.25) is 0 Å². The van der Waals surface area contributed by atoms with Gasteiger partial charge in [-0.15, -0.1) is 11.3 Å². The van der Waals surface area contributed by atoms with Crippen LogP contribution in [-0.2, 0) is 10.8 Å². The minimum Gasteiger partial charge on any atom is -0.310 e. The Labute approximate surface area is 337 Å². The van der Waals surface area contributed by atoms with Gasteiger partial charge in [0.25, 0.3) is 6.71 Å². The minimum absolute atomic E-state index is 0.0236. The summed E-state index contributed by atoms with van der Waals surface area (Å²) in [5.41, 5.74) is 16.9. The summed E-state index contributed by atoms with van der Waals surface area (Å²) < 4.78 is 7.85. The molecule has 0 aliphatic carbocycles. The van der Waals surface area contributed by atoms with E-state index in [1.54, 1.807) is 0 Å². The van der Waals surface area contributed by atoms with Crippen molar-refractivity contribution in [1.82, 2.24) is 9.13 Å². The van der Waals surface area contributed by atoms with Crippen molar-refractivity contribution in [1.29, 1.82) is 0 Å². The first-order chi connectivity index (χ1) is 27.6. The zero-order valence-corrected chi connectivity index (χ0v) is 34.0. The zero-order valence-electron chi connectivity index (χ0n) is 33.2. The lowest BCUT2D eigenvalue weighted by Crippen LogP contribution is -2.59. The molecule has 0 saturated carbocycles. The van der Waals surface area contributed by atoms with Gasteiger partial charge in [-0.1, -0.05) is 120 Å². The summed E-state index contributed by atoms with van der Waals surface area (Å²) in [5.74, 6) is 0. The Morgan fingerprint density at radius 1 is 0.491 bits per heavy atom. The third-order valence-corrected chi connectivity index (χ3v) is 14.0. The first kappa shape index (κ1) is 33.1. The monoisotopic (exact) mass is 751 g/mol. The smallest absolute Gasteiger partial charge is 0.264 e. The summed E-state index contributed by atoms with van der Waals surface area (Å²) >= 11 is 1.98. The quantitative estimate of drug-likeness (QED) is 0.160. The second-order valence-corrected chi connectivity index (χ2v) is 19.3. The van der Waals surface area contributed by atoms with E-state index in [2.05, 4.69) is 201 Å². The molecule has 0 bridgehead atoms. The molecule has 0 saturated heterocycles. The van der Waals surface area contributed by atoms with Crippen LogP contribution in [0.15, 0.2) is 146 Å². The highest BCUT2D eigenvalue weighted by molar-refractivity contribution is 7.33. The zero-order chi connectivity index (χ0) is 38.5. The van der Waals surface area contributed by atoms with E-state index in [9.17, 15) is 0 Å². The minimum atomic E-state index is 0.0236. The Morgan fingerprint density at radius 3 is 1.84 bits per heavy atom. The largest absolute Gasteiger partial charge is 0.310 e. The molecular formula is C52H42BN3S. The number of fused-ring (bicyclic) bond motifs is 13. The number of aromatic nitrogens is 2. The molecule has 0 radical (unpaired) electrons. The first-order valence-corrected chi connectivity index (χ1v) is 21.0. The van der Waals surface area contributed by atoms with E-state index in [4.69, 9.17) is 0 Å². The summed E-state index contributed by atoms with van der Waals surface area (Å²) in [4.78, 5) is 2.59. The van der Waals surface area contributed by atoms with E-state index < -0.39 is 0 Å². The lowest BCUT2D eigenvalue weighted by atomic mass is 9.36. The fourth-order valence-corrected chi connectivity index (χ4v) is 11.4. The van der Waals surface area contributed by atoms with Crippen LogP contribution in [-0.4, -0.2) is 15.8 Å². The highest BCUT2D eigenvalue weighted by Gasteiger charge is 2.45. The van der Waals surface area contributed by atoms with E-state index in [1.165, 1.54) is 109 Å². The maximum Gasteiger partial charge on any atom is 0.264 e. The van der Waals surface area contributed by atoms with Gasteiger partial charge in [0, 0.05) is 59.2 Å². The van der Waals surface area contributed by atoms with Crippen LogP contribution in [0, 0.1) is 0 Å². The number of hydrogen-bond donors (Lipinski definition) is 0. The lowest BCUT2D eigenvalue weighted by Gasteiger charge is -2.39. The van der Waals surface area contributed by atoms with Gasteiger partial charge in [-0.2, -0.15) is 0 Å². The van der Waals surface area contributed by atoms with Crippen LogP contribution in [0.5, 0.6) is 0 Å². The Balaban J connectivity index is 1.27. The first-order valence-electron chi connectivity index (χ1n) is 20.2. The van der Waals surface area contributed by atoms with E-state index in [0.717, 1.165) is 0 Å². The van der Waals surface area contributed by atoms with Crippen molar-refractivity contribution in [3.8, 4) is 11.4 Å². The Morgan fingerprint density at radius 2 is 1.12 bits per heavy atom. The fourth-order valence-electron chi connectivity index (χ4n) is 10.1. The number of nitrogens with zero attached hydrogens (tertiary/aromatic N) is 3. The van der Waals surface area contributed by atoms with Gasteiger partial charge >= 0.3 is 0 Å². The average Bonchev–Trinajstić information content (AvgIpc) is 3.87. The molecule has 0 spiro atoms. The van der Waals surface area contributed by atoms with Crippen molar-refractivity contribution in [2.45, 2.75) is 52.4 Å². The highest BCUT2D eigenvalue weighted by Crippen LogP contribution is 2.48. The Kier molecular flexibility index (Phi) is 6.57. The van der Waals surface area contributed by atoms with Crippen LogP contribution in [0.1, 0.15) is 52.7 Å². The number of benzene rings is 7. The third-order valence-electron chi connectivity index (χ3n) is 12.8. The maximum atomic E-state index is 2.60. The van der Waals surface area contributed by atoms with Crippen LogP contribution in [0.4, 0.5) is 17.1 Å². The topological polar surface area (TPSA) is 13.1 Å². The number of para-hydroxylation sites is 3. The van der Waals surface area contributed by atoms with Gasteiger partial charge in [0.1, 0.15) is 0 Å². The highest BCUT2D eigenvalue weighted by atomic mass is 32.1. The lowest BCUT2D eigenvalue weighted by molar-refractivity contribution is 0.590. The Hall–Kier alpha value is -6.04. The number of rotatable bonds is 2. The Bertz CT molecular complexity index is 3310. The summed E-state index contributed by atoms with van der Waals surface area (Å²) in [6, 6.07) is 55.2. The SMILES string of the molecule is CC(C)(C)c1ccc(N2c3cccc4c3B(c3sc5ccc(C(C)(C)C)cc5c32)c2cc3c(c5ccccc5n3-c3ccccc3)c3c5ccccc5n-4c23)cc1. The predicted octanol–water partition coefficient (Wildman–Crippen LogP) is 12.3. The molecule has 3 nitrogen and oxygen atoms in total. The van der Waals surface area contributed by atoms with E-state index in [1.807, 2.05) is 11.3 Å². The predicted molar refractivity (Wildman–Crippen MR) is 247 cm³/mol. The molecule has 0 fully saturated rings. The van der Waals surface area contributed by atoms with Crippen molar-refractivity contribution in [3.63, 3.8) is 0 Å². The summed E-state index contributed by atoms with van der Waals surface area (Å²) in [6.45, 7) is 13.9. The molecule has 2 aliphatic rings. The van der Waals surface area contributed by atoms with Crippen molar-refractivity contribution in [2.24, 2.45) is 0 Å². The van der Waals surface area contributed by atoms with Gasteiger partial charge in [0.05, 0.1) is 27.8 Å². The van der Waals surface area contributed by atoms with Gasteiger partial charge in [-0.25, -0.2) is 0 Å². The van der Waals surface area contributed by atoms with Crippen LogP contribution in [0.3, 0.4) is 0 Å². The van der Waals surface area contributed by atoms with E-state index >= 15 is 0 Å². The number of anilines is 3. The van der Waals surface area contributed by atoms with Crippen molar-refractivity contribution in [3.05, 3.63) is 157 Å².